The van der Waals surface area contributed by atoms with Crippen molar-refractivity contribution in [3.63, 3.8) is 0 Å². The van der Waals surface area contributed by atoms with Crippen molar-refractivity contribution >= 4 is 27.3 Å². The first-order valence-electron chi connectivity index (χ1n) is 8.18. The molecule has 0 saturated carbocycles. The molecule has 0 N–H and O–H groups in total. The Hall–Kier alpha value is -1.83. The predicted molar refractivity (Wildman–Crippen MR) is 100 cm³/mol. The number of rotatable bonds is 4. The highest BCUT2D eigenvalue weighted by molar-refractivity contribution is 7.89. The molecule has 1 aliphatic rings. The molecule has 0 amide bonds. The van der Waals surface area contributed by atoms with E-state index < -0.39 is 15.8 Å². The third-order valence-electron chi connectivity index (χ3n) is 4.56. The van der Waals surface area contributed by atoms with Gasteiger partial charge in [0.05, 0.1) is 7.11 Å². The van der Waals surface area contributed by atoms with Crippen LogP contribution < -0.4 is 9.64 Å². The molecule has 8 heteroatoms. The van der Waals surface area contributed by atoms with E-state index >= 15 is 0 Å². The summed E-state index contributed by atoms with van der Waals surface area (Å²) in [5, 5.41) is 0.682. The van der Waals surface area contributed by atoms with Gasteiger partial charge in [0.15, 0.2) is 0 Å². The average molecular weight is 399 g/mol. The van der Waals surface area contributed by atoms with Gasteiger partial charge in [-0.3, -0.25) is 0 Å². The molecule has 2 aromatic carbocycles. The molecule has 0 unspecified atom stereocenters. The Morgan fingerprint density at radius 1 is 1.12 bits per heavy atom. The zero-order valence-electron chi connectivity index (χ0n) is 14.6. The van der Waals surface area contributed by atoms with E-state index in [2.05, 4.69) is 4.90 Å². The van der Waals surface area contributed by atoms with E-state index in [4.69, 9.17) is 16.3 Å². The van der Waals surface area contributed by atoms with Gasteiger partial charge < -0.3 is 9.64 Å². The van der Waals surface area contributed by atoms with Gasteiger partial charge in [0.2, 0.25) is 10.0 Å². The minimum Gasteiger partial charge on any atom is -0.495 e. The van der Waals surface area contributed by atoms with Crippen molar-refractivity contribution in [2.24, 2.45) is 0 Å². The van der Waals surface area contributed by atoms with Gasteiger partial charge in [-0.15, -0.1) is 0 Å². The molecule has 2 aromatic rings. The molecule has 0 atom stereocenters. The summed E-state index contributed by atoms with van der Waals surface area (Å²) in [6, 6.07) is 9.19. The molecule has 26 heavy (non-hydrogen) atoms. The van der Waals surface area contributed by atoms with Crippen LogP contribution in [-0.4, -0.2) is 46.0 Å². The summed E-state index contributed by atoms with van der Waals surface area (Å²) in [7, 11) is -2.47. The van der Waals surface area contributed by atoms with Crippen LogP contribution in [-0.2, 0) is 10.0 Å². The van der Waals surface area contributed by atoms with Crippen LogP contribution in [0.2, 0.25) is 5.02 Å². The van der Waals surface area contributed by atoms with E-state index in [-0.39, 0.29) is 10.6 Å². The minimum atomic E-state index is -3.84. The molecule has 0 aliphatic carbocycles. The average Bonchev–Trinajstić information content (AvgIpc) is 2.64. The predicted octanol–water partition coefficient (Wildman–Crippen LogP) is 3.31. The summed E-state index contributed by atoms with van der Waals surface area (Å²) >= 11 is 6.18. The van der Waals surface area contributed by atoms with Crippen molar-refractivity contribution < 1.29 is 17.5 Å². The van der Waals surface area contributed by atoms with E-state index in [0.717, 1.165) is 17.3 Å². The summed E-state index contributed by atoms with van der Waals surface area (Å²) < 4.78 is 45.9. The highest BCUT2D eigenvalue weighted by atomic mass is 35.5. The molecule has 1 fully saturated rings. The lowest BCUT2D eigenvalue weighted by Gasteiger charge is -2.36. The van der Waals surface area contributed by atoms with Crippen molar-refractivity contribution in [3.05, 3.63) is 52.8 Å². The number of piperazine rings is 1. The quantitative estimate of drug-likeness (QED) is 0.792. The molecule has 0 radical (unpaired) electrons. The number of methoxy groups -OCH3 is 1. The molecule has 140 valence electrons. The number of benzene rings is 2. The molecular formula is C18H20ClFN2O3S. The second kappa shape index (κ2) is 7.42. The molecule has 1 aliphatic heterocycles. The Kier molecular flexibility index (Phi) is 5.41. The highest BCUT2D eigenvalue weighted by Gasteiger charge is 2.31. The van der Waals surface area contributed by atoms with Crippen molar-refractivity contribution in [3.8, 4) is 5.75 Å². The number of ether oxygens (including phenoxy) is 1. The summed E-state index contributed by atoms with van der Waals surface area (Å²) in [5.74, 6) is -0.475. The van der Waals surface area contributed by atoms with Gasteiger partial charge in [0.25, 0.3) is 0 Å². The number of hydrogen-bond acceptors (Lipinski definition) is 4. The maximum atomic E-state index is 13.6. The van der Waals surface area contributed by atoms with Gasteiger partial charge in [-0.2, -0.15) is 4.31 Å². The van der Waals surface area contributed by atoms with Gasteiger partial charge >= 0.3 is 0 Å². The van der Waals surface area contributed by atoms with Gasteiger partial charge in [0.1, 0.15) is 16.5 Å². The third-order valence-corrected chi connectivity index (χ3v) is 6.89. The monoisotopic (exact) mass is 398 g/mol. The third kappa shape index (κ3) is 3.51. The number of hydrogen-bond donors (Lipinski definition) is 0. The lowest BCUT2D eigenvalue weighted by molar-refractivity contribution is 0.373. The Morgan fingerprint density at radius 3 is 2.46 bits per heavy atom. The molecule has 1 saturated heterocycles. The Bertz CT molecular complexity index is 913. The van der Waals surface area contributed by atoms with Crippen LogP contribution in [0.5, 0.6) is 5.75 Å². The Labute approximate surface area is 158 Å². The molecule has 3 rings (SSSR count). The maximum Gasteiger partial charge on any atom is 0.246 e. The number of sulfonamides is 1. The summed E-state index contributed by atoms with van der Waals surface area (Å²) in [6.45, 7) is 3.59. The molecular weight excluding hydrogens is 379 g/mol. The topological polar surface area (TPSA) is 49.9 Å². The summed E-state index contributed by atoms with van der Waals surface area (Å²) in [4.78, 5) is 1.96. The van der Waals surface area contributed by atoms with Crippen molar-refractivity contribution in [2.45, 2.75) is 11.8 Å². The van der Waals surface area contributed by atoms with Crippen LogP contribution in [0.15, 0.2) is 41.3 Å². The number of anilines is 1. The first-order chi connectivity index (χ1) is 12.3. The maximum absolute atomic E-state index is 13.6. The highest BCUT2D eigenvalue weighted by Crippen LogP contribution is 2.30. The number of halogens is 2. The Morgan fingerprint density at radius 2 is 1.81 bits per heavy atom. The second-order valence-electron chi connectivity index (χ2n) is 6.07. The number of nitrogens with zero attached hydrogens (tertiary/aromatic N) is 2. The van der Waals surface area contributed by atoms with Gasteiger partial charge in [-0.05, 0) is 42.8 Å². The largest absolute Gasteiger partial charge is 0.495 e. The van der Waals surface area contributed by atoms with E-state index in [9.17, 15) is 12.8 Å². The van der Waals surface area contributed by atoms with Crippen LogP contribution in [0, 0.1) is 12.7 Å². The van der Waals surface area contributed by atoms with Gasteiger partial charge in [0, 0.05) is 36.9 Å². The second-order valence-corrected chi connectivity index (χ2v) is 8.38. The first-order valence-corrected chi connectivity index (χ1v) is 10.00. The van der Waals surface area contributed by atoms with E-state index in [1.165, 1.54) is 23.5 Å². The van der Waals surface area contributed by atoms with E-state index in [1.807, 2.05) is 25.1 Å². The summed E-state index contributed by atoms with van der Waals surface area (Å²) in [6.07, 6.45) is 0. The Balaban J connectivity index is 1.81. The molecule has 1 heterocycles. The van der Waals surface area contributed by atoms with Crippen molar-refractivity contribution in [2.75, 3.05) is 38.2 Å². The fraction of sp³-hybridized carbons (Fsp3) is 0.333. The normalized spacial score (nSPS) is 15.9. The van der Waals surface area contributed by atoms with Crippen LogP contribution >= 0.6 is 11.6 Å². The summed E-state index contributed by atoms with van der Waals surface area (Å²) in [5.41, 5.74) is 1.97. The van der Waals surface area contributed by atoms with Crippen molar-refractivity contribution in [1.82, 2.24) is 4.31 Å². The van der Waals surface area contributed by atoms with Gasteiger partial charge in [-0.25, -0.2) is 12.8 Å². The molecule has 5 nitrogen and oxygen atoms in total. The molecule has 0 aromatic heterocycles. The smallest absolute Gasteiger partial charge is 0.246 e. The van der Waals surface area contributed by atoms with Crippen LogP contribution in [0.3, 0.4) is 0 Å². The minimum absolute atomic E-state index is 0.138. The van der Waals surface area contributed by atoms with Gasteiger partial charge in [-0.1, -0.05) is 17.7 Å². The van der Waals surface area contributed by atoms with Crippen molar-refractivity contribution in [1.29, 1.82) is 0 Å². The standard InChI is InChI=1S/C18H20ClFN2O3S/c1-13-15(19)4-3-5-16(13)21-8-10-22(11-9-21)26(23,24)18-12-14(20)6-7-17(18)25-2/h3-7,12H,8-11H2,1-2H3. The van der Waals surface area contributed by atoms with Crippen LogP contribution in [0.1, 0.15) is 5.56 Å². The fourth-order valence-corrected chi connectivity index (χ4v) is 4.86. The zero-order chi connectivity index (χ0) is 18.9. The molecule has 0 spiro atoms. The van der Waals surface area contributed by atoms with Crippen LogP contribution in [0.25, 0.3) is 0 Å². The SMILES string of the molecule is COc1ccc(F)cc1S(=O)(=O)N1CCN(c2cccc(Cl)c2C)CC1. The van der Waals surface area contributed by atoms with E-state index in [1.54, 1.807) is 0 Å². The fourth-order valence-electron chi connectivity index (χ4n) is 3.10. The molecule has 0 bridgehead atoms. The lowest BCUT2D eigenvalue weighted by atomic mass is 10.1. The zero-order valence-corrected chi connectivity index (χ0v) is 16.1. The van der Waals surface area contributed by atoms with E-state index in [0.29, 0.717) is 31.2 Å². The first kappa shape index (κ1) is 18.9. The lowest BCUT2D eigenvalue weighted by Crippen LogP contribution is -2.48. The van der Waals surface area contributed by atoms with Crippen LogP contribution in [0.4, 0.5) is 10.1 Å².